The number of rotatable bonds is 7. The Bertz CT molecular complexity index is 1310. The van der Waals surface area contributed by atoms with Crippen molar-refractivity contribution in [3.05, 3.63) is 89.5 Å². The number of hydrogen-bond donors (Lipinski definition) is 3. The van der Waals surface area contributed by atoms with Crippen molar-refractivity contribution >= 4 is 33.2 Å². The molecule has 0 bridgehead atoms. The van der Waals surface area contributed by atoms with E-state index < -0.39 is 32.5 Å². The summed E-state index contributed by atoms with van der Waals surface area (Å²) in [5.74, 6) is -3.01. The van der Waals surface area contributed by atoms with Crippen molar-refractivity contribution in [1.82, 2.24) is 5.32 Å². The summed E-state index contributed by atoms with van der Waals surface area (Å²) in [6, 6.07) is 14.5. The highest BCUT2D eigenvalue weighted by Crippen LogP contribution is 2.21. The molecule has 0 unspecified atom stereocenters. The fourth-order valence-corrected chi connectivity index (χ4v) is 4.02. The molecule has 1 fully saturated rings. The SMILES string of the molecule is O=C(Nc1ccc(C(=O)NC2CC2)cc1)c1ccc(NS(=O)(=O)c2ccc(F)c(F)c2)cc1. The Kier molecular flexibility index (Phi) is 6.10. The molecule has 2 amide bonds. The molecule has 0 radical (unpaired) electrons. The van der Waals surface area contributed by atoms with Crippen LogP contribution < -0.4 is 15.4 Å². The molecule has 0 aliphatic heterocycles. The summed E-state index contributed by atoms with van der Waals surface area (Å²) in [5.41, 5.74) is 1.40. The van der Waals surface area contributed by atoms with Crippen LogP contribution in [-0.2, 0) is 10.0 Å². The summed E-state index contributed by atoms with van der Waals surface area (Å²) in [4.78, 5) is 24.1. The summed E-state index contributed by atoms with van der Waals surface area (Å²) in [6.07, 6.45) is 1.98. The van der Waals surface area contributed by atoms with Gasteiger partial charge in [-0.2, -0.15) is 0 Å². The molecule has 170 valence electrons. The van der Waals surface area contributed by atoms with E-state index >= 15 is 0 Å². The van der Waals surface area contributed by atoms with Gasteiger partial charge in [0.1, 0.15) is 0 Å². The molecule has 7 nitrogen and oxygen atoms in total. The molecule has 1 aliphatic carbocycles. The van der Waals surface area contributed by atoms with Crippen molar-refractivity contribution in [3.8, 4) is 0 Å². The van der Waals surface area contributed by atoms with Crippen LogP contribution in [-0.4, -0.2) is 26.3 Å². The molecule has 0 atom stereocenters. The number of anilines is 2. The fourth-order valence-electron chi connectivity index (χ4n) is 2.95. The summed E-state index contributed by atoms with van der Waals surface area (Å²) in [7, 11) is -4.14. The van der Waals surface area contributed by atoms with E-state index in [0.29, 0.717) is 17.3 Å². The summed E-state index contributed by atoms with van der Waals surface area (Å²) < 4.78 is 53.4. The van der Waals surface area contributed by atoms with E-state index in [9.17, 15) is 26.8 Å². The third-order valence-corrected chi connectivity index (χ3v) is 6.30. The average Bonchev–Trinajstić information content (AvgIpc) is 3.60. The van der Waals surface area contributed by atoms with E-state index in [1.54, 1.807) is 24.3 Å². The number of nitrogens with one attached hydrogen (secondary N) is 3. The largest absolute Gasteiger partial charge is 0.349 e. The maximum atomic E-state index is 13.4. The summed E-state index contributed by atoms with van der Waals surface area (Å²) in [6.45, 7) is 0. The van der Waals surface area contributed by atoms with Gasteiger partial charge in [-0.05, 0) is 79.6 Å². The first-order valence-corrected chi connectivity index (χ1v) is 11.5. The van der Waals surface area contributed by atoms with Crippen molar-refractivity contribution in [2.24, 2.45) is 0 Å². The van der Waals surface area contributed by atoms with E-state index in [2.05, 4.69) is 15.4 Å². The summed E-state index contributed by atoms with van der Waals surface area (Å²) >= 11 is 0. The van der Waals surface area contributed by atoms with Crippen LogP contribution in [0, 0.1) is 11.6 Å². The zero-order valence-electron chi connectivity index (χ0n) is 17.1. The molecule has 10 heteroatoms. The Labute approximate surface area is 188 Å². The molecule has 3 N–H and O–H groups in total. The van der Waals surface area contributed by atoms with E-state index in [0.717, 1.165) is 25.0 Å². The minimum Gasteiger partial charge on any atom is -0.349 e. The Balaban J connectivity index is 1.38. The number of carbonyl (C=O) groups excluding carboxylic acids is 2. The molecule has 0 heterocycles. The maximum absolute atomic E-state index is 13.4. The molecule has 0 aromatic heterocycles. The molecule has 3 aromatic carbocycles. The molecule has 0 spiro atoms. The van der Waals surface area contributed by atoms with Crippen LogP contribution in [0.25, 0.3) is 0 Å². The van der Waals surface area contributed by atoms with E-state index in [1.807, 2.05) is 0 Å². The predicted molar refractivity (Wildman–Crippen MR) is 118 cm³/mol. The third kappa shape index (κ3) is 5.53. The van der Waals surface area contributed by atoms with Crippen molar-refractivity contribution < 1.29 is 26.8 Å². The van der Waals surface area contributed by atoms with Crippen molar-refractivity contribution in [2.75, 3.05) is 10.0 Å². The Morgan fingerprint density at radius 2 is 1.33 bits per heavy atom. The summed E-state index contributed by atoms with van der Waals surface area (Å²) in [5, 5.41) is 5.58. The zero-order chi connectivity index (χ0) is 23.6. The van der Waals surface area contributed by atoms with E-state index in [4.69, 9.17) is 0 Å². The van der Waals surface area contributed by atoms with Gasteiger partial charge in [0.15, 0.2) is 11.6 Å². The quantitative estimate of drug-likeness (QED) is 0.486. The molecule has 0 saturated heterocycles. The van der Waals surface area contributed by atoms with Crippen molar-refractivity contribution in [3.63, 3.8) is 0 Å². The number of benzene rings is 3. The van der Waals surface area contributed by atoms with Crippen LogP contribution in [0.4, 0.5) is 20.2 Å². The van der Waals surface area contributed by atoms with Gasteiger partial charge in [0.05, 0.1) is 4.90 Å². The second kappa shape index (κ2) is 8.99. The van der Waals surface area contributed by atoms with E-state index in [1.165, 1.54) is 24.3 Å². The topological polar surface area (TPSA) is 104 Å². The third-order valence-electron chi connectivity index (χ3n) is 4.92. The normalized spacial score (nSPS) is 13.3. The van der Waals surface area contributed by atoms with Crippen molar-refractivity contribution in [1.29, 1.82) is 0 Å². The van der Waals surface area contributed by atoms with E-state index in [-0.39, 0.29) is 23.2 Å². The lowest BCUT2D eigenvalue weighted by atomic mass is 10.1. The number of carbonyl (C=O) groups is 2. The number of halogens is 2. The highest BCUT2D eigenvalue weighted by atomic mass is 32.2. The molecule has 1 saturated carbocycles. The van der Waals surface area contributed by atoms with Gasteiger partial charge in [0, 0.05) is 28.5 Å². The van der Waals surface area contributed by atoms with Gasteiger partial charge in [-0.3, -0.25) is 14.3 Å². The Morgan fingerprint density at radius 3 is 1.91 bits per heavy atom. The second-order valence-electron chi connectivity index (χ2n) is 7.54. The monoisotopic (exact) mass is 471 g/mol. The second-order valence-corrected chi connectivity index (χ2v) is 9.22. The molecule has 33 heavy (non-hydrogen) atoms. The first kappa shape index (κ1) is 22.4. The Morgan fingerprint density at radius 1 is 0.758 bits per heavy atom. The van der Waals surface area contributed by atoms with Crippen LogP contribution in [0.5, 0.6) is 0 Å². The first-order valence-electron chi connectivity index (χ1n) is 10.0. The minimum absolute atomic E-state index is 0.141. The van der Waals surface area contributed by atoms with Gasteiger partial charge in [-0.25, -0.2) is 17.2 Å². The van der Waals surface area contributed by atoms with Crippen LogP contribution in [0.3, 0.4) is 0 Å². The number of hydrogen-bond acceptors (Lipinski definition) is 4. The lowest BCUT2D eigenvalue weighted by Gasteiger charge is -2.10. The molecular formula is C23H19F2N3O4S. The van der Waals surface area contributed by atoms with Crippen LogP contribution in [0.2, 0.25) is 0 Å². The Hall–Kier alpha value is -3.79. The molecule has 1 aliphatic rings. The smallest absolute Gasteiger partial charge is 0.261 e. The minimum atomic E-state index is -4.14. The average molecular weight is 471 g/mol. The molecular weight excluding hydrogens is 452 g/mol. The van der Waals surface area contributed by atoms with Gasteiger partial charge in [0.25, 0.3) is 21.8 Å². The van der Waals surface area contributed by atoms with Gasteiger partial charge in [0.2, 0.25) is 0 Å². The van der Waals surface area contributed by atoms with Gasteiger partial charge < -0.3 is 10.6 Å². The highest BCUT2D eigenvalue weighted by Gasteiger charge is 2.23. The van der Waals surface area contributed by atoms with Gasteiger partial charge in [-0.1, -0.05) is 0 Å². The van der Waals surface area contributed by atoms with Crippen LogP contribution >= 0.6 is 0 Å². The van der Waals surface area contributed by atoms with Gasteiger partial charge >= 0.3 is 0 Å². The van der Waals surface area contributed by atoms with Crippen LogP contribution in [0.15, 0.2) is 71.6 Å². The van der Waals surface area contributed by atoms with Crippen LogP contribution in [0.1, 0.15) is 33.6 Å². The molecule has 3 aromatic rings. The standard InChI is InChI=1S/C23H19F2N3O4S/c24-20-12-11-19(13-21(20)25)33(31,32)28-18-7-3-15(4-8-18)23(30)26-16-5-1-14(2-6-16)22(29)27-17-9-10-17/h1-8,11-13,17,28H,9-10H2,(H,26,30)(H,27,29). The fraction of sp³-hybridized carbons (Fsp3) is 0.130. The number of sulfonamides is 1. The molecule has 4 rings (SSSR count). The lowest BCUT2D eigenvalue weighted by molar-refractivity contribution is 0.0950. The predicted octanol–water partition coefficient (Wildman–Crippen LogP) is 3.91. The zero-order valence-corrected chi connectivity index (χ0v) is 18.0. The van der Waals surface area contributed by atoms with Crippen molar-refractivity contribution in [2.45, 2.75) is 23.8 Å². The van der Waals surface area contributed by atoms with Gasteiger partial charge in [-0.15, -0.1) is 0 Å². The lowest BCUT2D eigenvalue weighted by Crippen LogP contribution is -2.25. The number of amides is 2. The first-order chi connectivity index (χ1) is 15.7. The maximum Gasteiger partial charge on any atom is 0.261 e. The highest BCUT2D eigenvalue weighted by molar-refractivity contribution is 7.92.